The molecule has 0 bridgehead atoms. The first kappa shape index (κ1) is 15.5. The minimum absolute atomic E-state index is 0.131. The van der Waals surface area contributed by atoms with Crippen LogP contribution in [0.5, 0.6) is 0 Å². The van der Waals surface area contributed by atoms with E-state index in [-0.39, 0.29) is 6.04 Å². The molecule has 1 fully saturated rings. The second kappa shape index (κ2) is 6.55. The Bertz CT molecular complexity index is 374. The van der Waals surface area contributed by atoms with Gasteiger partial charge >= 0.3 is 12.1 Å². The molecule has 0 saturated carbocycles. The highest BCUT2D eigenvalue weighted by Gasteiger charge is 2.42. The van der Waals surface area contributed by atoms with Crippen molar-refractivity contribution < 1.29 is 27.5 Å². The Balaban J connectivity index is 2.55. The van der Waals surface area contributed by atoms with Gasteiger partial charge in [0.2, 0.25) is 0 Å². The highest BCUT2D eigenvalue weighted by Crippen LogP contribution is 2.18. The number of rotatable bonds is 3. The quantitative estimate of drug-likeness (QED) is 0.457. The van der Waals surface area contributed by atoms with E-state index in [0.717, 1.165) is 19.2 Å². The SMILES string of the molecule is C/C=C(/OC(=O)C(F)(F)F)C(=O)NC1CCNCC1. The van der Waals surface area contributed by atoms with Gasteiger partial charge in [-0.3, -0.25) is 4.79 Å². The maximum Gasteiger partial charge on any atom is 0.491 e. The average Bonchev–Trinajstić information content (AvgIpc) is 2.35. The number of ether oxygens (including phenoxy) is 1. The maximum absolute atomic E-state index is 12.0. The fourth-order valence-electron chi connectivity index (χ4n) is 1.62. The van der Waals surface area contributed by atoms with Crippen LogP contribution < -0.4 is 10.6 Å². The fraction of sp³-hybridized carbons (Fsp3) is 0.636. The zero-order valence-electron chi connectivity index (χ0n) is 10.3. The third-order valence-electron chi connectivity index (χ3n) is 2.59. The second-order valence-electron chi connectivity index (χ2n) is 4.04. The summed E-state index contributed by atoms with van der Waals surface area (Å²) in [5.41, 5.74) is 0. The summed E-state index contributed by atoms with van der Waals surface area (Å²) in [5, 5.41) is 5.62. The number of esters is 1. The van der Waals surface area contributed by atoms with Crippen molar-refractivity contribution in [3.05, 3.63) is 11.8 Å². The van der Waals surface area contributed by atoms with Crippen LogP contribution in [0.2, 0.25) is 0 Å². The molecule has 1 aliphatic heterocycles. The number of amides is 1. The second-order valence-corrected chi connectivity index (χ2v) is 4.04. The Labute approximate surface area is 108 Å². The Kier molecular flexibility index (Phi) is 5.34. The molecule has 8 heteroatoms. The molecule has 0 aromatic rings. The first-order chi connectivity index (χ1) is 8.84. The summed E-state index contributed by atoms with van der Waals surface area (Å²) >= 11 is 0. The topological polar surface area (TPSA) is 67.4 Å². The number of alkyl halides is 3. The van der Waals surface area contributed by atoms with E-state index in [1.807, 2.05) is 0 Å². The lowest BCUT2D eigenvalue weighted by Gasteiger charge is -2.24. The van der Waals surface area contributed by atoms with Gasteiger partial charge in [-0.2, -0.15) is 13.2 Å². The van der Waals surface area contributed by atoms with Gasteiger partial charge in [0, 0.05) is 6.04 Å². The predicted molar refractivity (Wildman–Crippen MR) is 59.9 cm³/mol. The molecule has 0 aromatic carbocycles. The number of nitrogens with one attached hydrogen (secondary N) is 2. The van der Waals surface area contributed by atoms with Gasteiger partial charge in [-0.1, -0.05) is 0 Å². The molecular weight excluding hydrogens is 265 g/mol. The first-order valence-electron chi connectivity index (χ1n) is 5.81. The lowest BCUT2D eigenvalue weighted by Crippen LogP contribution is -2.44. The standard InChI is InChI=1S/C11H15F3N2O3/c1-2-8(19-10(18)11(12,13)14)9(17)16-7-3-5-15-6-4-7/h2,7,15H,3-6H2,1H3,(H,16,17)/b8-2+. The monoisotopic (exact) mass is 280 g/mol. The maximum atomic E-state index is 12.0. The molecule has 19 heavy (non-hydrogen) atoms. The van der Waals surface area contributed by atoms with Gasteiger partial charge in [0.1, 0.15) is 0 Å². The zero-order valence-corrected chi connectivity index (χ0v) is 10.3. The van der Waals surface area contributed by atoms with E-state index in [0.29, 0.717) is 12.8 Å². The normalized spacial score (nSPS) is 18.0. The largest absolute Gasteiger partial charge is 0.491 e. The summed E-state index contributed by atoms with van der Waals surface area (Å²) in [6.45, 7) is 2.76. The molecule has 1 saturated heterocycles. The lowest BCUT2D eigenvalue weighted by atomic mass is 10.1. The molecule has 2 N–H and O–H groups in total. The molecule has 0 aromatic heterocycles. The number of halogens is 3. The average molecular weight is 280 g/mol. The van der Waals surface area contributed by atoms with Gasteiger partial charge < -0.3 is 15.4 Å². The smallest absolute Gasteiger partial charge is 0.414 e. The molecule has 1 amide bonds. The number of hydrogen-bond donors (Lipinski definition) is 2. The predicted octanol–water partition coefficient (Wildman–Crippen LogP) is 0.864. The van der Waals surface area contributed by atoms with E-state index < -0.39 is 23.8 Å². The van der Waals surface area contributed by atoms with Crippen LogP contribution in [0.4, 0.5) is 13.2 Å². The summed E-state index contributed by atoms with van der Waals surface area (Å²) in [5.74, 6) is -3.85. The Morgan fingerprint density at radius 1 is 1.32 bits per heavy atom. The van der Waals surface area contributed by atoms with Crippen molar-refractivity contribution in [2.75, 3.05) is 13.1 Å². The lowest BCUT2D eigenvalue weighted by molar-refractivity contribution is -0.195. The number of allylic oxidation sites excluding steroid dienone is 1. The Hall–Kier alpha value is -1.57. The Morgan fingerprint density at radius 2 is 1.89 bits per heavy atom. The van der Waals surface area contributed by atoms with Gasteiger partial charge in [-0.05, 0) is 38.9 Å². The number of carbonyl (C=O) groups excluding carboxylic acids is 2. The van der Waals surface area contributed by atoms with Crippen LogP contribution in [0.15, 0.2) is 11.8 Å². The molecule has 108 valence electrons. The van der Waals surface area contributed by atoms with Crippen molar-refractivity contribution in [3.63, 3.8) is 0 Å². The van der Waals surface area contributed by atoms with Crippen LogP contribution in [0.25, 0.3) is 0 Å². The van der Waals surface area contributed by atoms with Crippen LogP contribution in [0, 0.1) is 0 Å². The molecule has 0 atom stereocenters. The number of piperidine rings is 1. The highest BCUT2D eigenvalue weighted by molar-refractivity contribution is 5.94. The number of hydrogen-bond acceptors (Lipinski definition) is 4. The third-order valence-corrected chi connectivity index (χ3v) is 2.59. The van der Waals surface area contributed by atoms with Gasteiger partial charge in [-0.25, -0.2) is 4.79 Å². The summed E-state index contributed by atoms with van der Waals surface area (Å²) < 4.78 is 40.1. The molecule has 0 spiro atoms. The summed E-state index contributed by atoms with van der Waals surface area (Å²) in [6, 6.07) is -0.131. The molecule has 1 rings (SSSR count). The molecule has 1 heterocycles. The van der Waals surface area contributed by atoms with E-state index in [1.54, 1.807) is 0 Å². The minimum atomic E-state index is -5.12. The Morgan fingerprint density at radius 3 is 2.37 bits per heavy atom. The minimum Gasteiger partial charge on any atom is -0.414 e. The van der Waals surface area contributed by atoms with E-state index in [1.165, 1.54) is 6.92 Å². The summed E-state index contributed by atoms with van der Waals surface area (Å²) in [7, 11) is 0. The fourth-order valence-corrected chi connectivity index (χ4v) is 1.62. The van der Waals surface area contributed by atoms with Crippen molar-refractivity contribution in [3.8, 4) is 0 Å². The van der Waals surface area contributed by atoms with Crippen LogP contribution in [0.1, 0.15) is 19.8 Å². The van der Waals surface area contributed by atoms with Gasteiger partial charge in [0.25, 0.3) is 5.91 Å². The van der Waals surface area contributed by atoms with Crippen molar-refractivity contribution in [1.82, 2.24) is 10.6 Å². The number of carbonyl (C=O) groups is 2. The van der Waals surface area contributed by atoms with Crippen molar-refractivity contribution in [2.45, 2.75) is 32.0 Å². The highest BCUT2D eigenvalue weighted by atomic mass is 19.4. The molecular formula is C11H15F3N2O3. The van der Waals surface area contributed by atoms with E-state index in [4.69, 9.17) is 0 Å². The van der Waals surface area contributed by atoms with Crippen molar-refractivity contribution in [2.24, 2.45) is 0 Å². The van der Waals surface area contributed by atoms with Gasteiger partial charge in [-0.15, -0.1) is 0 Å². The van der Waals surface area contributed by atoms with Crippen LogP contribution in [-0.4, -0.2) is 37.2 Å². The van der Waals surface area contributed by atoms with Crippen molar-refractivity contribution >= 4 is 11.9 Å². The van der Waals surface area contributed by atoms with Gasteiger partial charge in [0.15, 0.2) is 5.76 Å². The molecule has 1 aliphatic rings. The molecule has 0 radical (unpaired) electrons. The van der Waals surface area contributed by atoms with E-state index in [9.17, 15) is 22.8 Å². The summed E-state index contributed by atoms with van der Waals surface area (Å²) in [4.78, 5) is 22.3. The van der Waals surface area contributed by atoms with E-state index in [2.05, 4.69) is 15.4 Å². The first-order valence-corrected chi connectivity index (χ1v) is 5.81. The molecule has 0 aliphatic carbocycles. The van der Waals surface area contributed by atoms with Crippen LogP contribution in [0.3, 0.4) is 0 Å². The van der Waals surface area contributed by atoms with Crippen LogP contribution >= 0.6 is 0 Å². The van der Waals surface area contributed by atoms with Gasteiger partial charge in [0.05, 0.1) is 0 Å². The molecule has 5 nitrogen and oxygen atoms in total. The zero-order chi connectivity index (χ0) is 14.5. The van der Waals surface area contributed by atoms with Crippen molar-refractivity contribution in [1.29, 1.82) is 0 Å². The third kappa shape index (κ3) is 4.90. The summed E-state index contributed by atoms with van der Waals surface area (Å²) in [6.07, 6.45) is -2.74. The molecule has 0 unspecified atom stereocenters. The van der Waals surface area contributed by atoms with E-state index >= 15 is 0 Å². The van der Waals surface area contributed by atoms with Crippen LogP contribution in [-0.2, 0) is 14.3 Å².